The molecule has 0 aromatic carbocycles. The molecule has 11 heavy (non-hydrogen) atoms. The number of rotatable bonds is 2. The summed E-state index contributed by atoms with van der Waals surface area (Å²) < 4.78 is 25.6. The summed E-state index contributed by atoms with van der Waals surface area (Å²) >= 11 is 0. The van der Waals surface area contributed by atoms with Crippen LogP contribution in [0.15, 0.2) is 0 Å². The van der Waals surface area contributed by atoms with Gasteiger partial charge in [-0.1, -0.05) is 20.8 Å². The molecule has 0 aliphatic rings. The smallest absolute Gasteiger partial charge is 0.273 e. The van der Waals surface area contributed by atoms with E-state index >= 15 is 0 Å². The summed E-state index contributed by atoms with van der Waals surface area (Å²) in [6, 6.07) is 0. The number of aliphatic hydroxyl groups is 1. The summed E-state index contributed by atoms with van der Waals surface area (Å²) in [5.74, 6) is -2.96. The van der Waals surface area contributed by atoms with Gasteiger partial charge in [0.2, 0.25) is 0 Å². The fraction of sp³-hybridized carbons (Fsp3) is 1.00. The van der Waals surface area contributed by atoms with Gasteiger partial charge >= 0.3 is 0 Å². The molecule has 1 unspecified atom stereocenters. The van der Waals surface area contributed by atoms with Gasteiger partial charge in [0.05, 0.1) is 0 Å². The lowest BCUT2D eigenvalue weighted by Crippen LogP contribution is -2.34. The Morgan fingerprint density at radius 3 is 1.73 bits per heavy atom. The first kappa shape index (κ1) is 10.8. The number of alkyl halides is 2. The molecule has 0 amide bonds. The molecule has 1 N–H and O–H groups in total. The normalized spacial score (nSPS) is 16.6. The second-order valence-electron chi connectivity index (χ2n) is 4.17. The van der Waals surface area contributed by atoms with Crippen LogP contribution in [0.1, 0.15) is 34.1 Å². The fourth-order valence-electron chi connectivity index (χ4n) is 0.855. The molecule has 0 spiro atoms. The van der Waals surface area contributed by atoms with Gasteiger partial charge in [-0.15, -0.1) is 0 Å². The minimum Gasteiger partial charge on any atom is -0.387 e. The van der Waals surface area contributed by atoms with Gasteiger partial charge in [-0.05, 0) is 12.3 Å². The zero-order chi connectivity index (χ0) is 9.28. The Bertz CT molecular complexity index is 125. The van der Waals surface area contributed by atoms with Crippen molar-refractivity contribution in [1.29, 1.82) is 0 Å². The summed E-state index contributed by atoms with van der Waals surface area (Å²) in [6.45, 7) is 6.29. The van der Waals surface area contributed by atoms with Gasteiger partial charge in [0.1, 0.15) is 6.10 Å². The summed E-state index contributed by atoms with van der Waals surface area (Å²) in [5, 5.41) is 8.69. The Kier molecular flexibility index (Phi) is 3.00. The molecule has 0 bridgehead atoms. The number of aliphatic hydroxyl groups excluding tert-OH is 1. The van der Waals surface area contributed by atoms with E-state index in [0.717, 1.165) is 6.92 Å². The minimum absolute atomic E-state index is 0.280. The zero-order valence-electron chi connectivity index (χ0n) is 7.49. The van der Waals surface area contributed by atoms with E-state index in [1.54, 1.807) is 20.8 Å². The molecule has 0 aliphatic carbocycles. The van der Waals surface area contributed by atoms with E-state index in [9.17, 15) is 8.78 Å². The van der Waals surface area contributed by atoms with E-state index in [-0.39, 0.29) is 6.42 Å². The number of hydrogen-bond acceptors (Lipinski definition) is 1. The Hall–Kier alpha value is -0.180. The van der Waals surface area contributed by atoms with Crippen LogP contribution in [-0.4, -0.2) is 17.1 Å². The van der Waals surface area contributed by atoms with E-state index in [4.69, 9.17) is 5.11 Å². The van der Waals surface area contributed by atoms with Crippen molar-refractivity contribution in [2.45, 2.75) is 46.1 Å². The first-order valence-corrected chi connectivity index (χ1v) is 3.71. The first-order valence-electron chi connectivity index (χ1n) is 3.71. The molecule has 0 saturated heterocycles. The van der Waals surface area contributed by atoms with E-state index in [1.807, 2.05) is 0 Å². The van der Waals surface area contributed by atoms with Gasteiger partial charge in [0.25, 0.3) is 5.92 Å². The predicted molar refractivity (Wildman–Crippen MR) is 40.7 cm³/mol. The molecule has 0 rings (SSSR count). The van der Waals surface area contributed by atoms with E-state index in [0.29, 0.717) is 0 Å². The van der Waals surface area contributed by atoms with Crippen LogP contribution in [0.3, 0.4) is 0 Å². The Labute approximate surface area is 66.4 Å². The molecular weight excluding hydrogens is 150 g/mol. The molecule has 1 nitrogen and oxygen atoms in total. The highest BCUT2D eigenvalue weighted by Gasteiger charge is 2.38. The second-order valence-corrected chi connectivity index (χ2v) is 4.17. The molecule has 0 saturated carbocycles. The van der Waals surface area contributed by atoms with E-state index in [2.05, 4.69) is 0 Å². The third-order valence-electron chi connectivity index (χ3n) is 1.38. The van der Waals surface area contributed by atoms with Gasteiger partial charge < -0.3 is 5.11 Å². The maximum atomic E-state index is 12.8. The SMILES string of the molecule is CC(O)C(F)(F)CC(C)(C)C. The van der Waals surface area contributed by atoms with Gasteiger partial charge in [-0.3, -0.25) is 0 Å². The molecule has 0 heterocycles. The summed E-state index contributed by atoms with van der Waals surface area (Å²) in [5.41, 5.74) is -0.444. The maximum absolute atomic E-state index is 12.8. The number of halogens is 2. The second kappa shape index (κ2) is 3.05. The molecule has 0 aliphatic heterocycles. The monoisotopic (exact) mass is 166 g/mol. The van der Waals surface area contributed by atoms with Crippen molar-refractivity contribution >= 4 is 0 Å². The lowest BCUT2D eigenvalue weighted by atomic mass is 9.87. The molecular formula is C8H16F2O. The average molecular weight is 166 g/mol. The zero-order valence-corrected chi connectivity index (χ0v) is 7.49. The average Bonchev–Trinajstić information content (AvgIpc) is 1.56. The largest absolute Gasteiger partial charge is 0.387 e. The highest BCUT2D eigenvalue weighted by Crippen LogP contribution is 2.33. The number of hydrogen-bond donors (Lipinski definition) is 1. The van der Waals surface area contributed by atoms with Crippen molar-refractivity contribution < 1.29 is 13.9 Å². The van der Waals surface area contributed by atoms with Gasteiger partial charge in [0, 0.05) is 6.42 Å². The van der Waals surface area contributed by atoms with E-state index in [1.165, 1.54) is 0 Å². The molecule has 0 aromatic rings. The maximum Gasteiger partial charge on any atom is 0.273 e. The Balaban J connectivity index is 4.13. The lowest BCUT2D eigenvalue weighted by molar-refractivity contribution is -0.121. The minimum atomic E-state index is -2.96. The first-order chi connectivity index (χ1) is 4.65. The van der Waals surface area contributed by atoms with Crippen LogP contribution < -0.4 is 0 Å². The van der Waals surface area contributed by atoms with Gasteiger partial charge in [-0.25, -0.2) is 8.78 Å². The molecule has 0 aromatic heterocycles. The van der Waals surface area contributed by atoms with Crippen molar-refractivity contribution in [2.24, 2.45) is 5.41 Å². The van der Waals surface area contributed by atoms with Crippen LogP contribution >= 0.6 is 0 Å². The van der Waals surface area contributed by atoms with Crippen molar-refractivity contribution in [3.63, 3.8) is 0 Å². The van der Waals surface area contributed by atoms with Gasteiger partial charge in [0.15, 0.2) is 0 Å². The molecule has 3 heteroatoms. The molecule has 0 radical (unpaired) electrons. The highest BCUT2D eigenvalue weighted by atomic mass is 19.3. The molecule has 68 valence electrons. The third-order valence-corrected chi connectivity index (χ3v) is 1.38. The van der Waals surface area contributed by atoms with Crippen LogP contribution in [-0.2, 0) is 0 Å². The van der Waals surface area contributed by atoms with Crippen molar-refractivity contribution in [1.82, 2.24) is 0 Å². The predicted octanol–water partition coefficient (Wildman–Crippen LogP) is 2.44. The Morgan fingerprint density at radius 1 is 1.27 bits per heavy atom. The summed E-state index contributed by atoms with van der Waals surface area (Å²) in [7, 11) is 0. The van der Waals surface area contributed by atoms with Crippen LogP contribution in [0, 0.1) is 5.41 Å². The molecule has 1 atom stereocenters. The quantitative estimate of drug-likeness (QED) is 0.668. The lowest BCUT2D eigenvalue weighted by Gasteiger charge is -2.27. The van der Waals surface area contributed by atoms with Crippen LogP contribution in [0.4, 0.5) is 8.78 Å². The fourth-order valence-corrected chi connectivity index (χ4v) is 0.855. The summed E-state index contributed by atoms with van der Waals surface area (Å²) in [4.78, 5) is 0. The van der Waals surface area contributed by atoms with Crippen LogP contribution in [0.5, 0.6) is 0 Å². The van der Waals surface area contributed by atoms with Gasteiger partial charge in [-0.2, -0.15) is 0 Å². The van der Waals surface area contributed by atoms with Crippen molar-refractivity contribution in [3.05, 3.63) is 0 Å². The molecule has 0 fully saturated rings. The van der Waals surface area contributed by atoms with E-state index < -0.39 is 17.4 Å². The standard InChI is InChI=1S/C8H16F2O/c1-6(11)8(9,10)5-7(2,3)4/h6,11H,5H2,1-4H3. The van der Waals surface area contributed by atoms with Crippen LogP contribution in [0.25, 0.3) is 0 Å². The Morgan fingerprint density at radius 2 is 1.64 bits per heavy atom. The van der Waals surface area contributed by atoms with Crippen molar-refractivity contribution in [3.8, 4) is 0 Å². The highest BCUT2D eigenvalue weighted by molar-refractivity contribution is 4.78. The third kappa shape index (κ3) is 4.30. The topological polar surface area (TPSA) is 20.2 Å². The summed E-state index contributed by atoms with van der Waals surface area (Å²) in [6.07, 6.45) is -1.83. The van der Waals surface area contributed by atoms with Crippen molar-refractivity contribution in [2.75, 3.05) is 0 Å². The van der Waals surface area contributed by atoms with Crippen LogP contribution in [0.2, 0.25) is 0 Å².